The highest BCUT2D eigenvalue weighted by Gasteiger charge is 2.29. The van der Waals surface area contributed by atoms with Crippen LogP contribution < -0.4 is 0 Å². The molecule has 0 aliphatic rings. The summed E-state index contributed by atoms with van der Waals surface area (Å²) in [6.07, 6.45) is 7.47. The van der Waals surface area contributed by atoms with Gasteiger partial charge in [-0.15, -0.1) is 0 Å². The Morgan fingerprint density at radius 1 is 1.38 bits per heavy atom. The summed E-state index contributed by atoms with van der Waals surface area (Å²) >= 11 is 0. The number of carboxylic acids is 1. The smallest absolute Gasteiger partial charge is 0.309 e. The first kappa shape index (κ1) is 12.2. The molecule has 0 aromatic rings. The fourth-order valence-corrected chi connectivity index (χ4v) is 1.12. The van der Waals surface area contributed by atoms with Gasteiger partial charge in [-0.2, -0.15) is 0 Å². The normalized spacial score (nSPS) is 15.9. The van der Waals surface area contributed by atoms with Gasteiger partial charge in [0.1, 0.15) is 0 Å². The van der Waals surface area contributed by atoms with Crippen molar-refractivity contribution in [2.75, 3.05) is 0 Å². The second-order valence-electron chi connectivity index (χ2n) is 3.64. The molecule has 2 heteroatoms. The van der Waals surface area contributed by atoms with Crippen molar-refractivity contribution in [3.8, 4) is 0 Å². The van der Waals surface area contributed by atoms with E-state index in [1.807, 2.05) is 13.8 Å². The number of hydrogen-bond donors (Lipinski definition) is 1. The maximum Gasteiger partial charge on any atom is 0.309 e. The Kier molecular flexibility index (Phi) is 5.44. The SMILES string of the molecule is CC/C=C\CCC(C)(CC)C(=O)O. The van der Waals surface area contributed by atoms with Gasteiger partial charge >= 0.3 is 5.97 Å². The molecule has 1 unspecified atom stereocenters. The Hall–Kier alpha value is -0.790. The maximum absolute atomic E-state index is 10.9. The van der Waals surface area contributed by atoms with E-state index in [0.717, 1.165) is 19.3 Å². The lowest BCUT2D eigenvalue weighted by atomic mass is 9.83. The van der Waals surface area contributed by atoms with Crippen molar-refractivity contribution in [2.24, 2.45) is 5.41 Å². The quantitative estimate of drug-likeness (QED) is 0.643. The summed E-state index contributed by atoms with van der Waals surface area (Å²) in [5.41, 5.74) is -0.544. The zero-order chi connectivity index (χ0) is 10.3. The van der Waals surface area contributed by atoms with E-state index >= 15 is 0 Å². The van der Waals surface area contributed by atoms with E-state index in [0.29, 0.717) is 6.42 Å². The average Bonchev–Trinajstić information content (AvgIpc) is 2.12. The molecule has 0 aliphatic carbocycles. The zero-order valence-electron chi connectivity index (χ0n) is 8.84. The molecular weight excluding hydrogens is 164 g/mol. The summed E-state index contributed by atoms with van der Waals surface area (Å²) < 4.78 is 0. The molecule has 1 atom stereocenters. The molecule has 0 aromatic carbocycles. The minimum Gasteiger partial charge on any atom is -0.481 e. The highest BCUT2D eigenvalue weighted by molar-refractivity contribution is 5.73. The van der Waals surface area contributed by atoms with Crippen LogP contribution in [0.15, 0.2) is 12.2 Å². The molecule has 0 saturated carbocycles. The number of rotatable bonds is 6. The van der Waals surface area contributed by atoms with Gasteiger partial charge in [0.25, 0.3) is 0 Å². The van der Waals surface area contributed by atoms with Gasteiger partial charge in [-0.05, 0) is 32.6 Å². The van der Waals surface area contributed by atoms with Crippen molar-refractivity contribution >= 4 is 5.97 Å². The van der Waals surface area contributed by atoms with Crippen LogP contribution in [-0.4, -0.2) is 11.1 Å². The molecule has 0 saturated heterocycles. The molecule has 0 bridgehead atoms. The first-order valence-corrected chi connectivity index (χ1v) is 4.95. The third-order valence-corrected chi connectivity index (χ3v) is 2.56. The molecular formula is C11H20O2. The Balaban J connectivity index is 3.98. The van der Waals surface area contributed by atoms with Crippen molar-refractivity contribution in [2.45, 2.75) is 46.5 Å². The fourth-order valence-electron chi connectivity index (χ4n) is 1.12. The van der Waals surface area contributed by atoms with Crippen LogP contribution in [0.25, 0.3) is 0 Å². The van der Waals surface area contributed by atoms with Gasteiger partial charge in [0.05, 0.1) is 5.41 Å². The molecule has 0 fully saturated rings. The van der Waals surface area contributed by atoms with Gasteiger partial charge in [0.15, 0.2) is 0 Å². The summed E-state index contributed by atoms with van der Waals surface area (Å²) in [6, 6.07) is 0. The predicted molar refractivity (Wildman–Crippen MR) is 54.7 cm³/mol. The van der Waals surface area contributed by atoms with E-state index in [-0.39, 0.29) is 0 Å². The summed E-state index contributed by atoms with van der Waals surface area (Å²) in [5.74, 6) is -0.681. The second-order valence-corrected chi connectivity index (χ2v) is 3.64. The number of allylic oxidation sites excluding steroid dienone is 2. The molecule has 13 heavy (non-hydrogen) atoms. The highest BCUT2D eigenvalue weighted by atomic mass is 16.4. The molecule has 1 N–H and O–H groups in total. The molecule has 0 radical (unpaired) electrons. The second kappa shape index (κ2) is 5.79. The number of carboxylic acid groups (broad SMARTS) is 1. The van der Waals surface area contributed by atoms with Crippen molar-refractivity contribution in [1.82, 2.24) is 0 Å². The minimum atomic E-state index is -0.681. The summed E-state index contributed by atoms with van der Waals surface area (Å²) in [4.78, 5) is 10.9. The van der Waals surface area contributed by atoms with Crippen LogP contribution in [0.2, 0.25) is 0 Å². The van der Waals surface area contributed by atoms with E-state index in [2.05, 4.69) is 19.1 Å². The van der Waals surface area contributed by atoms with Crippen LogP contribution in [0.4, 0.5) is 0 Å². The lowest BCUT2D eigenvalue weighted by Crippen LogP contribution is -2.26. The van der Waals surface area contributed by atoms with E-state index in [4.69, 9.17) is 5.11 Å². The summed E-state index contributed by atoms with van der Waals surface area (Å²) in [5, 5.41) is 8.96. The van der Waals surface area contributed by atoms with Crippen LogP contribution in [0, 0.1) is 5.41 Å². The van der Waals surface area contributed by atoms with Gasteiger partial charge in [-0.1, -0.05) is 26.0 Å². The van der Waals surface area contributed by atoms with Crippen molar-refractivity contribution < 1.29 is 9.90 Å². The van der Waals surface area contributed by atoms with E-state index in [9.17, 15) is 4.79 Å². The highest BCUT2D eigenvalue weighted by Crippen LogP contribution is 2.27. The third-order valence-electron chi connectivity index (χ3n) is 2.56. The monoisotopic (exact) mass is 184 g/mol. The molecule has 0 heterocycles. The van der Waals surface area contributed by atoms with Crippen LogP contribution >= 0.6 is 0 Å². The number of carbonyl (C=O) groups is 1. The molecule has 0 aliphatic heterocycles. The third kappa shape index (κ3) is 4.11. The van der Waals surface area contributed by atoms with E-state index < -0.39 is 11.4 Å². The summed E-state index contributed by atoms with van der Waals surface area (Å²) in [6.45, 7) is 5.82. The Morgan fingerprint density at radius 3 is 2.38 bits per heavy atom. The van der Waals surface area contributed by atoms with Crippen molar-refractivity contribution in [1.29, 1.82) is 0 Å². The Labute approximate surface area is 80.7 Å². The average molecular weight is 184 g/mol. The van der Waals surface area contributed by atoms with Gasteiger partial charge < -0.3 is 5.11 Å². The molecule has 0 spiro atoms. The van der Waals surface area contributed by atoms with Gasteiger partial charge in [0, 0.05) is 0 Å². The van der Waals surface area contributed by atoms with Crippen LogP contribution in [0.1, 0.15) is 46.5 Å². The van der Waals surface area contributed by atoms with Crippen LogP contribution in [0.5, 0.6) is 0 Å². The van der Waals surface area contributed by atoms with Gasteiger partial charge in [0.2, 0.25) is 0 Å². The zero-order valence-corrected chi connectivity index (χ0v) is 8.84. The topological polar surface area (TPSA) is 37.3 Å². The minimum absolute atomic E-state index is 0.544. The number of aliphatic carboxylic acids is 1. The predicted octanol–water partition coefficient (Wildman–Crippen LogP) is 3.23. The van der Waals surface area contributed by atoms with Crippen molar-refractivity contribution in [3.05, 3.63) is 12.2 Å². The first-order chi connectivity index (χ1) is 6.06. The molecule has 2 nitrogen and oxygen atoms in total. The molecule has 0 aromatic heterocycles. The standard InChI is InChI=1S/C11H20O2/c1-4-6-7-8-9-11(3,5-2)10(12)13/h6-7H,4-5,8-9H2,1-3H3,(H,12,13)/b7-6-. The first-order valence-electron chi connectivity index (χ1n) is 4.95. The van der Waals surface area contributed by atoms with Crippen LogP contribution in [-0.2, 0) is 4.79 Å². The fraction of sp³-hybridized carbons (Fsp3) is 0.727. The molecule has 0 rings (SSSR count). The van der Waals surface area contributed by atoms with Gasteiger partial charge in [-0.3, -0.25) is 4.79 Å². The summed E-state index contributed by atoms with van der Waals surface area (Å²) in [7, 11) is 0. The van der Waals surface area contributed by atoms with Crippen molar-refractivity contribution in [3.63, 3.8) is 0 Å². The molecule has 0 amide bonds. The van der Waals surface area contributed by atoms with E-state index in [1.165, 1.54) is 0 Å². The maximum atomic E-state index is 10.9. The van der Waals surface area contributed by atoms with E-state index in [1.54, 1.807) is 0 Å². The Bertz CT molecular complexity index is 185. The number of hydrogen-bond acceptors (Lipinski definition) is 1. The lowest BCUT2D eigenvalue weighted by Gasteiger charge is -2.21. The molecule has 76 valence electrons. The largest absolute Gasteiger partial charge is 0.481 e. The van der Waals surface area contributed by atoms with Gasteiger partial charge in [-0.25, -0.2) is 0 Å². The Morgan fingerprint density at radius 2 is 2.00 bits per heavy atom. The van der Waals surface area contributed by atoms with Crippen LogP contribution in [0.3, 0.4) is 0 Å². The lowest BCUT2D eigenvalue weighted by molar-refractivity contribution is -0.148.